The van der Waals surface area contributed by atoms with Crippen LogP contribution in [0.5, 0.6) is 5.75 Å². The van der Waals surface area contributed by atoms with Crippen LogP contribution in [0.4, 0.5) is 0 Å². The Morgan fingerprint density at radius 2 is 1.81 bits per heavy atom. The first-order chi connectivity index (χ1) is 10.2. The molecule has 4 heteroatoms. The number of aliphatic hydroxyl groups excluding tert-OH is 1. The molecular formula is C17H28N2O2. The van der Waals surface area contributed by atoms with Crippen molar-refractivity contribution in [3.8, 4) is 5.75 Å². The van der Waals surface area contributed by atoms with E-state index in [4.69, 9.17) is 4.74 Å². The molecule has 1 atom stereocenters. The van der Waals surface area contributed by atoms with Crippen LogP contribution in [0.1, 0.15) is 18.9 Å². The molecular weight excluding hydrogens is 264 g/mol. The number of aryl methyl sites for hydroxylation is 1. The molecule has 0 spiro atoms. The third-order valence-corrected chi connectivity index (χ3v) is 3.97. The maximum atomic E-state index is 10.1. The van der Waals surface area contributed by atoms with Crippen molar-refractivity contribution in [1.29, 1.82) is 0 Å². The largest absolute Gasteiger partial charge is 0.491 e. The molecule has 1 aliphatic heterocycles. The lowest BCUT2D eigenvalue weighted by atomic mass is 10.1. The van der Waals surface area contributed by atoms with E-state index in [1.54, 1.807) is 0 Å². The number of nitrogens with zero attached hydrogens (tertiary/aromatic N) is 2. The summed E-state index contributed by atoms with van der Waals surface area (Å²) in [6.07, 6.45) is 1.83. The lowest BCUT2D eigenvalue weighted by Gasteiger charge is -2.33. The average Bonchev–Trinajstić information content (AvgIpc) is 2.49. The summed E-state index contributed by atoms with van der Waals surface area (Å²) in [7, 11) is 2.14. The zero-order valence-corrected chi connectivity index (χ0v) is 13.3. The van der Waals surface area contributed by atoms with Crippen LogP contribution in [0.15, 0.2) is 24.3 Å². The highest BCUT2D eigenvalue weighted by Gasteiger charge is 2.17. The molecule has 0 aliphatic carbocycles. The van der Waals surface area contributed by atoms with Crippen LogP contribution in [0, 0.1) is 0 Å². The number of hydrogen-bond donors (Lipinski definition) is 1. The van der Waals surface area contributed by atoms with Crippen LogP contribution in [0.25, 0.3) is 0 Å². The minimum absolute atomic E-state index is 0.361. The predicted molar refractivity (Wildman–Crippen MR) is 85.9 cm³/mol. The van der Waals surface area contributed by atoms with Gasteiger partial charge in [0.15, 0.2) is 0 Å². The zero-order valence-electron chi connectivity index (χ0n) is 13.3. The highest BCUT2D eigenvalue weighted by Crippen LogP contribution is 2.13. The smallest absolute Gasteiger partial charge is 0.119 e. The second kappa shape index (κ2) is 8.37. The lowest BCUT2D eigenvalue weighted by Crippen LogP contribution is -2.47. The Labute approximate surface area is 128 Å². The third kappa shape index (κ3) is 5.65. The molecule has 0 radical (unpaired) electrons. The highest BCUT2D eigenvalue weighted by atomic mass is 16.5. The van der Waals surface area contributed by atoms with Gasteiger partial charge in [0.1, 0.15) is 18.5 Å². The van der Waals surface area contributed by atoms with E-state index in [1.807, 2.05) is 12.1 Å². The molecule has 0 saturated carbocycles. The Morgan fingerprint density at radius 3 is 2.43 bits per heavy atom. The van der Waals surface area contributed by atoms with Gasteiger partial charge in [0, 0.05) is 32.7 Å². The molecule has 1 aromatic carbocycles. The predicted octanol–water partition coefficient (Wildman–Crippen LogP) is 1.63. The maximum Gasteiger partial charge on any atom is 0.119 e. The van der Waals surface area contributed by atoms with Gasteiger partial charge in [-0.25, -0.2) is 0 Å². The fourth-order valence-electron chi connectivity index (χ4n) is 2.61. The van der Waals surface area contributed by atoms with Crippen molar-refractivity contribution in [2.45, 2.75) is 25.9 Å². The minimum Gasteiger partial charge on any atom is -0.491 e. The molecule has 0 bridgehead atoms. The number of piperazine rings is 1. The van der Waals surface area contributed by atoms with Crippen LogP contribution in [-0.2, 0) is 6.42 Å². The topological polar surface area (TPSA) is 35.9 Å². The van der Waals surface area contributed by atoms with E-state index in [0.29, 0.717) is 13.2 Å². The molecule has 1 saturated heterocycles. The van der Waals surface area contributed by atoms with E-state index in [2.05, 4.69) is 35.9 Å². The number of aliphatic hydroxyl groups is 1. The standard InChI is InChI=1S/C17H28N2O2/c1-3-4-15-5-7-17(8-6-15)21-14-16(20)13-19-11-9-18(2)10-12-19/h5-8,16,20H,3-4,9-14H2,1-2H3/t16-/m1/s1. The monoisotopic (exact) mass is 292 g/mol. The zero-order chi connectivity index (χ0) is 15.1. The van der Waals surface area contributed by atoms with Crippen LogP contribution >= 0.6 is 0 Å². The fourth-order valence-corrected chi connectivity index (χ4v) is 2.61. The van der Waals surface area contributed by atoms with E-state index >= 15 is 0 Å². The van der Waals surface area contributed by atoms with Gasteiger partial charge in [-0.3, -0.25) is 4.90 Å². The van der Waals surface area contributed by atoms with Gasteiger partial charge in [-0.15, -0.1) is 0 Å². The molecule has 1 fully saturated rings. The van der Waals surface area contributed by atoms with E-state index in [9.17, 15) is 5.11 Å². The van der Waals surface area contributed by atoms with Gasteiger partial charge in [-0.2, -0.15) is 0 Å². The fraction of sp³-hybridized carbons (Fsp3) is 0.647. The Morgan fingerprint density at radius 1 is 1.14 bits per heavy atom. The summed E-state index contributed by atoms with van der Waals surface area (Å²) in [5, 5.41) is 10.1. The van der Waals surface area contributed by atoms with Gasteiger partial charge in [0.2, 0.25) is 0 Å². The molecule has 1 heterocycles. The maximum absolute atomic E-state index is 10.1. The molecule has 1 aromatic rings. The average molecular weight is 292 g/mol. The van der Waals surface area contributed by atoms with Crippen molar-refractivity contribution in [3.63, 3.8) is 0 Å². The number of hydrogen-bond acceptors (Lipinski definition) is 4. The van der Waals surface area contributed by atoms with Crippen molar-refractivity contribution in [1.82, 2.24) is 9.80 Å². The SMILES string of the molecule is CCCc1ccc(OC[C@H](O)CN2CCN(C)CC2)cc1. The molecule has 21 heavy (non-hydrogen) atoms. The van der Waals surface area contributed by atoms with Crippen molar-refractivity contribution in [2.24, 2.45) is 0 Å². The normalized spacial score (nSPS) is 18.6. The van der Waals surface area contributed by atoms with Crippen molar-refractivity contribution < 1.29 is 9.84 Å². The molecule has 0 aromatic heterocycles. The first kappa shape index (κ1) is 16.3. The summed E-state index contributed by atoms with van der Waals surface area (Å²) in [6, 6.07) is 8.19. The van der Waals surface area contributed by atoms with E-state index in [0.717, 1.165) is 44.8 Å². The van der Waals surface area contributed by atoms with Gasteiger partial charge in [-0.1, -0.05) is 25.5 Å². The molecule has 118 valence electrons. The molecule has 0 amide bonds. The van der Waals surface area contributed by atoms with Crippen LogP contribution in [0.2, 0.25) is 0 Å². The first-order valence-corrected chi connectivity index (χ1v) is 7.98. The summed E-state index contributed by atoms with van der Waals surface area (Å²) in [4.78, 5) is 4.62. The molecule has 4 nitrogen and oxygen atoms in total. The minimum atomic E-state index is -0.427. The van der Waals surface area contributed by atoms with E-state index in [1.165, 1.54) is 5.56 Å². The van der Waals surface area contributed by atoms with Crippen LogP contribution in [0.3, 0.4) is 0 Å². The van der Waals surface area contributed by atoms with Gasteiger partial charge < -0.3 is 14.7 Å². The summed E-state index contributed by atoms with van der Waals surface area (Å²) in [5.74, 6) is 0.840. The van der Waals surface area contributed by atoms with Crippen LogP contribution in [-0.4, -0.2) is 67.4 Å². The Balaban J connectivity index is 1.69. The lowest BCUT2D eigenvalue weighted by molar-refractivity contribution is 0.0505. The van der Waals surface area contributed by atoms with E-state index < -0.39 is 6.10 Å². The number of benzene rings is 1. The second-order valence-corrected chi connectivity index (χ2v) is 5.96. The second-order valence-electron chi connectivity index (χ2n) is 5.96. The van der Waals surface area contributed by atoms with Crippen LogP contribution < -0.4 is 4.74 Å². The number of rotatable bonds is 7. The van der Waals surface area contributed by atoms with Gasteiger partial charge in [0.25, 0.3) is 0 Å². The highest BCUT2D eigenvalue weighted by molar-refractivity contribution is 5.27. The van der Waals surface area contributed by atoms with Crippen molar-refractivity contribution >= 4 is 0 Å². The van der Waals surface area contributed by atoms with Gasteiger partial charge in [0.05, 0.1) is 0 Å². The first-order valence-electron chi connectivity index (χ1n) is 7.98. The number of β-amino-alcohol motifs (C(OH)–C–C–N with tert-alkyl or cyclic N) is 1. The molecule has 1 aliphatic rings. The summed E-state index contributed by atoms with van der Waals surface area (Å²) in [5.41, 5.74) is 1.34. The van der Waals surface area contributed by atoms with Gasteiger partial charge >= 0.3 is 0 Å². The summed E-state index contributed by atoms with van der Waals surface area (Å²) in [6.45, 7) is 7.44. The molecule has 1 N–H and O–H groups in total. The Hall–Kier alpha value is -1.10. The quantitative estimate of drug-likeness (QED) is 0.828. The summed E-state index contributed by atoms with van der Waals surface area (Å²) >= 11 is 0. The molecule has 2 rings (SSSR count). The van der Waals surface area contributed by atoms with Crippen molar-refractivity contribution in [3.05, 3.63) is 29.8 Å². The Kier molecular flexibility index (Phi) is 6.49. The van der Waals surface area contributed by atoms with E-state index in [-0.39, 0.29) is 0 Å². The third-order valence-electron chi connectivity index (χ3n) is 3.97. The molecule has 0 unspecified atom stereocenters. The van der Waals surface area contributed by atoms with Crippen molar-refractivity contribution in [2.75, 3.05) is 46.4 Å². The number of likely N-dealkylation sites (N-methyl/N-ethyl adjacent to an activating group) is 1. The number of ether oxygens (including phenoxy) is 1. The summed E-state index contributed by atoms with van der Waals surface area (Å²) < 4.78 is 5.68. The van der Waals surface area contributed by atoms with Gasteiger partial charge in [-0.05, 0) is 31.2 Å². The Bertz CT molecular complexity index is 400.